The summed E-state index contributed by atoms with van der Waals surface area (Å²) in [6, 6.07) is 24.1. The minimum atomic E-state index is -0.301. The lowest BCUT2D eigenvalue weighted by Gasteiger charge is -2.22. The predicted molar refractivity (Wildman–Crippen MR) is 160 cm³/mol. The average Bonchev–Trinajstić information content (AvgIpc) is 3.62. The maximum Gasteiger partial charge on any atom is 0.266 e. The first-order valence-corrected chi connectivity index (χ1v) is 14.1. The number of nitrogens with two attached hydrogens (primary N) is 1. The molecule has 0 radical (unpaired) electrons. The third-order valence-electron chi connectivity index (χ3n) is 8.51. The van der Waals surface area contributed by atoms with Crippen molar-refractivity contribution in [2.45, 2.75) is 45.7 Å². The summed E-state index contributed by atoms with van der Waals surface area (Å²) in [5.74, 6) is -0.377. The molecular formula is C34H32N4O2. The average molecular weight is 529 g/mol. The zero-order valence-electron chi connectivity index (χ0n) is 22.8. The summed E-state index contributed by atoms with van der Waals surface area (Å²) in [5.41, 5.74) is 13.7. The van der Waals surface area contributed by atoms with Crippen molar-refractivity contribution in [3.63, 3.8) is 0 Å². The van der Waals surface area contributed by atoms with E-state index in [9.17, 15) is 9.59 Å². The molecule has 0 bridgehead atoms. The van der Waals surface area contributed by atoms with E-state index in [1.807, 2.05) is 66.9 Å². The number of nitrogens with zero attached hydrogens (tertiary/aromatic N) is 3. The maximum atomic E-state index is 14.3. The van der Waals surface area contributed by atoms with Gasteiger partial charge in [-0.05, 0) is 55.0 Å². The van der Waals surface area contributed by atoms with Gasteiger partial charge in [-0.1, -0.05) is 62.4 Å². The van der Waals surface area contributed by atoms with Crippen LogP contribution in [0.15, 0.2) is 85.1 Å². The monoisotopic (exact) mass is 528 g/mol. The highest BCUT2D eigenvalue weighted by molar-refractivity contribution is 6.45. The molecule has 6 nitrogen and oxygen atoms in total. The van der Waals surface area contributed by atoms with Crippen LogP contribution in [0.5, 0.6) is 0 Å². The molecule has 2 aliphatic rings. The first-order valence-electron chi connectivity index (χ1n) is 14.1. The molecule has 0 aliphatic carbocycles. The SMILES string of the molecule is CC(C)[C@H](N)c1cccc2c1c(N1C(=O)C=C(c3cn(-c4ccccc4)c4ccccc34)C1=O)c1n2CCCC1. The van der Waals surface area contributed by atoms with E-state index in [4.69, 9.17) is 5.73 Å². The van der Waals surface area contributed by atoms with Gasteiger partial charge >= 0.3 is 0 Å². The third kappa shape index (κ3) is 3.59. The Balaban J connectivity index is 1.41. The van der Waals surface area contributed by atoms with Crippen molar-refractivity contribution in [2.24, 2.45) is 11.7 Å². The summed E-state index contributed by atoms with van der Waals surface area (Å²) in [5, 5.41) is 1.87. The van der Waals surface area contributed by atoms with Crippen LogP contribution in [0.25, 0.3) is 33.1 Å². The van der Waals surface area contributed by atoms with Crippen LogP contribution in [0, 0.1) is 5.92 Å². The quantitative estimate of drug-likeness (QED) is 0.264. The molecular weight excluding hydrogens is 496 g/mol. The van der Waals surface area contributed by atoms with Crippen molar-refractivity contribution >= 4 is 44.9 Å². The van der Waals surface area contributed by atoms with Gasteiger partial charge in [0, 0.05) is 52.6 Å². The van der Waals surface area contributed by atoms with Crippen molar-refractivity contribution in [3.05, 3.63) is 102 Å². The summed E-state index contributed by atoms with van der Waals surface area (Å²) in [6.07, 6.45) is 6.41. The number of para-hydroxylation sites is 2. The van der Waals surface area contributed by atoms with E-state index < -0.39 is 0 Å². The van der Waals surface area contributed by atoms with Gasteiger partial charge in [0.2, 0.25) is 0 Å². The number of hydrogen-bond donors (Lipinski definition) is 1. The largest absolute Gasteiger partial charge is 0.343 e. The van der Waals surface area contributed by atoms with Gasteiger partial charge in [0.15, 0.2) is 0 Å². The minimum absolute atomic E-state index is 0.207. The Hall–Kier alpha value is -4.42. The minimum Gasteiger partial charge on any atom is -0.343 e. The molecule has 7 rings (SSSR count). The number of carbonyl (C=O) groups excluding carboxylic acids is 2. The molecule has 0 spiro atoms. The van der Waals surface area contributed by atoms with E-state index in [-0.39, 0.29) is 23.8 Å². The van der Waals surface area contributed by atoms with Gasteiger partial charge in [-0.15, -0.1) is 0 Å². The molecule has 6 heteroatoms. The van der Waals surface area contributed by atoms with Crippen LogP contribution in [-0.4, -0.2) is 20.9 Å². The van der Waals surface area contributed by atoms with Gasteiger partial charge in [-0.3, -0.25) is 9.59 Å². The lowest BCUT2D eigenvalue weighted by molar-refractivity contribution is -0.119. The number of hydrogen-bond acceptors (Lipinski definition) is 3. The molecule has 1 atom stereocenters. The lowest BCUT2D eigenvalue weighted by Crippen LogP contribution is -2.32. The second kappa shape index (κ2) is 9.35. The summed E-state index contributed by atoms with van der Waals surface area (Å²) in [7, 11) is 0. The van der Waals surface area contributed by atoms with E-state index >= 15 is 0 Å². The van der Waals surface area contributed by atoms with Gasteiger partial charge in [-0.2, -0.15) is 0 Å². The zero-order chi connectivity index (χ0) is 27.5. The van der Waals surface area contributed by atoms with Crippen molar-refractivity contribution in [2.75, 3.05) is 4.90 Å². The highest BCUT2D eigenvalue weighted by Crippen LogP contribution is 2.44. The predicted octanol–water partition coefficient (Wildman–Crippen LogP) is 6.53. The van der Waals surface area contributed by atoms with Crippen molar-refractivity contribution in [1.82, 2.24) is 9.13 Å². The number of amides is 2. The Bertz CT molecular complexity index is 1840. The van der Waals surface area contributed by atoms with E-state index in [2.05, 4.69) is 35.1 Å². The molecule has 0 fully saturated rings. The number of rotatable bonds is 5. The fraction of sp³-hybridized carbons (Fsp3) is 0.235. The van der Waals surface area contributed by atoms with Crippen LogP contribution in [0.2, 0.25) is 0 Å². The van der Waals surface area contributed by atoms with Crippen molar-refractivity contribution in [3.8, 4) is 5.69 Å². The van der Waals surface area contributed by atoms with Crippen molar-refractivity contribution < 1.29 is 9.59 Å². The molecule has 5 aromatic rings. The molecule has 2 amide bonds. The molecule has 2 aromatic heterocycles. The number of carbonyl (C=O) groups is 2. The Kier molecular flexibility index (Phi) is 5.75. The normalized spacial score (nSPS) is 16.3. The lowest BCUT2D eigenvalue weighted by atomic mass is 9.93. The molecule has 4 heterocycles. The van der Waals surface area contributed by atoms with Gasteiger partial charge < -0.3 is 14.9 Å². The second-order valence-electron chi connectivity index (χ2n) is 11.2. The first-order chi connectivity index (χ1) is 19.5. The number of imide groups is 1. The molecule has 0 saturated carbocycles. The van der Waals surface area contributed by atoms with Gasteiger partial charge in [-0.25, -0.2) is 4.90 Å². The molecule has 0 unspecified atom stereocenters. The topological polar surface area (TPSA) is 73.3 Å². The van der Waals surface area contributed by atoms with Crippen LogP contribution < -0.4 is 10.6 Å². The van der Waals surface area contributed by atoms with Crippen LogP contribution in [0.3, 0.4) is 0 Å². The zero-order valence-corrected chi connectivity index (χ0v) is 22.8. The Morgan fingerprint density at radius 2 is 1.60 bits per heavy atom. The van der Waals surface area contributed by atoms with E-state index in [1.165, 1.54) is 11.0 Å². The Morgan fingerprint density at radius 1 is 0.850 bits per heavy atom. The highest BCUT2D eigenvalue weighted by atomic mass is 16.2. The molecule has 2 N–H and O–H groups in total. The van der Waals surface area contributed by atoms with Gasteiger partial charge in [0.1, 0.15) is 0 Å². The summed E-state index contributed by atoms with van der Waals surface area (Å²) in [4.78, 5) is 29.6. The maximum absolute atomic E-state index is 14.3. The highest BCUT2D eigenvalue weighted by Gasteiger charge is 2.39. The smallest absolute Gasteiger partial charge is 0.266 e. The number of fused-ring (bicyclic) bond motifs is 4. The van der Waals surface area contributed by atoms with Crippen LogP contribution >= 0.6 is 0 Å². The fourth-order valence-corrected chi connectivity index (χ4v) is 6.48. The molecule has 2 aliphatic heterocycles. The van der Waals surface area contributed by atoms with Crippen LogP contribution in [0.4, 0.5) is 5.69 Å². The van der Waals surface area contributed by atoms with Gasteiger partial charge in [0.05, 0.1) is 22.3 Å². The number of aromatic nitrogens is 2. The van der Waals surface area contributed by atoms with Crippen LogP contribution in [0.1, 0.15) is 49.6 Å². The molecule has 3 aromatic carbocycles. The molecule has 0 saturated heterocycles. The second-order valence-corrected chi connectivity index (χ2v) is 11.2. The number of anilines is 1. The van der Waals surface area contributed by atoms with E-state index in [0.717, 1.165) is 75.8 Å². The van der Waals surface area contributed by atoms with Crippen LogP contribution in [-0.2, 0) is 22.6 Å². The molecule has 200 valence electrons. The first kappa shape index (κ1) is 24.6. The number of aryl methyl sites for hydroxylation is 1. The standard InChI is InChI=1S/C34H32N4O2/c1-21(2)32(35)24-14-10-17-28-31(24)33(29-16-8-9-18-36(28)29)38-30(39)19-25(34(38)40)26-20-37(22-11-4-3-5-12-22)27-15-7-6-13-23(26)27/h3-7,10-15,17,19-21,32H,8-9,16,18,35H2,1-2H3/t32-/m0/s1. The van der Waals surface area contributed by atoms with E-state index in [1.54, 1.807) is 0 Å². The summed E-state index contributed by atoms with van der Waals surface area (Å²) < 4.78 is 4.38. The Morgan fingerprint density at radius 3 is 2.40 bits per heavy atom. The van der Waals surface area contributed by atoms with Gasteiger partial charge in [0.25, 0.3) is 11.8 Å². The summed E-state index contributed by atoms with van der Waals surface area (Å²) >= 11 is 0. The summed E-state index contributed by atoms with van der Waals surface area (Å²) in [6.45, 7) is 5.08. The van der Waals surface area contributed by atoms with E-state index in [0.29, 0.717) is 5.57 Å². The number of benzene rings is 3. The molecule has 40 heavy (non-hydrogen) atoms. The van der Waals surface area contributed by atoms with Crippen molar-refractivity contribution in [1.29, 1.82) is 0 Å². The Labute approximate surface area is 233 Å². The third-order valence-corrected chi connectivity index (χ3v) is 8.51. The fourth-order valence-electron chi connectivity index (χ4n) is 6.48.